The molecule has 0 aliphatic carbocycles. The maximum Gasteiger partial charge on any atom is 0.133 e. The molecule has 0 aliphatic heterocycles. The van der Waals surface area contributed by atoms with Crippen molar-refractivity contribution in [3.63, 3.8) is 0 Å². The Labute approximate surface area is 104 Å². The predicted molar refractivity (Wildman–Crippen MR) is 71.1 cm³/mol. The quantitative estimate of drug-likeness (QED) is 0.690. The van der Waals surface area contributed by atoms with Gasteiger partial charge in [0.2, 0.25) is 0 Å². The third kappa shape index (κ3) is 1.69. The lowest BCUT2D eigenvalue weighted by molar-refractivity contribution is 0.129. The molecule has 0 amide bonds. The fraction of sp³-hybridized carbons (Fsp3) is 0.231. The Morgan fingerprint density at radius 1 is 1.39 bits per heavy atom. The normalized spacial score (nSPS) is 11.4. The second-order valence-corrected chi connectivity index (χ2v) is 4.09. The number of hydrogen-bond acceptors (Lipinski definition) is 4. The molecule has 0 unspecified atom stereocenters. The van der Waals surface area contributed by atoms with Gasteiger partial charge in [-0.3, -0.25) is 4.98 Å². The lowest BCUT2D eigenvalue weighted by atomic mass is 10.1. The Hall–Kier alpha value is -2.14. The van der Waals surface area contributed by atoms with E-state index < -0.39 is 0 Å². The summed E-state index contributed by atoms with van der Waals surface area (Å²) in [5.41, 5.74) is 9.19. The summed E-state index contributed by atoms with van der Waals surface area (Å²) in [6.07, 6.45) is 1.76. The van der Waals surface area contributed by atoms with Crippen molar-refractivity contribution < 1.29 is 4.74 Å². The lowest BCUT2D eigenvalue weighted by Gasteiger charge is -2.00. The molecule has 3 rings (SSSR count). The van der Waals surface area contributed by atoms with Crippen LogP contribution in [0, 0.1) is 0 Å². The minimum absolute atomic E-state index is 0.457. The smallest absolute Gasteiger partial charge is 0.133 e. The highest BCUT2D eigenvalue weighted by Gasteiger charge is 2.10. The molecule has 0 saturated heterocycles. The molecule has 0 saturated carbocycles. The van der Waals surface area contributed by atoms with Gasteiger partial charge < -0.3 is 15.5 Å². The molecule has 1 aromatic carbocycles. The molecule has 0 atom stereocenters. The summed E-state index contributed by atoms with van der Waals surface area (Å²) >= 11 is 0. The average molecular weight is 242 g/mol. The van der Waals surface area contributed by atoms with Crippen molar-refractivity contribution in [2.75, 3.05) is 12.3 Å². The zero-order valence-electron chi connectivity index (χ0n) is 10.1. The summed E-state index contributed by atoms with van der Waals surface area (Å²) in [4.78, 5) is 12.1. The number of aromatic nitrogens is 3. The first-order valence-electron chi connectivity index (χ1n) is 5.89. The van der Waals surface area contributed by atoms with E-state index in [0.717, 1.165) is 27.8 Å². The Bertz CT molecular complexity index is 705. The maximum atomic E-state index is 6.01. The van der Waals surface area contributed by atoms with Crippen LogP contribution in [0.3, 0.4) is 0 Å². The minimum Gasteiger partial charge on any atom is -0.397 e. The van der Waals surface area contributed by atoms with E-state index in [0.29, 0.717) is 18.9 Å². The number of aromatic amines is 1. The Balaban J connectivity index is 2.24. The summed E-state index contributed by atoms with van der Waals surface area (Å²) in [7, 11) is 0. The number of nitrogens with zero attached hydrogens (tertiary/aromatic N) is 2. The molecule has 92 valence electrons. The number of hydrogen-bond donors (Lipinski definition) is 2. The zero-order chi connectivity index (χ0) is 12.5. The van der Waals surface area contributed by atoms with E-state index in [1.165, 1.54) is 0 Å². The van der Waals surface area contributed by atoms with Crippen molar-refractivity contribution in [2.24, 2.45) is 0 Å². The maximum absolute atomic E-state index is 6.01. The van der Waals surface area contributed by atoms with E-state index >= 15 is 0 Å². The molecule has 2 heterocycles. The van der Waals surface area contributed by atoms with E-state index in [1.807, 2.05) is 25.1 Å². The average Bonchev–Trinajstić information content (AvgIpc) is 2.81. The molecule has 3 N–H and O–H groups in total. The van der Waals surface area contributed by atoms with Crippen LogP contribution >= 0.6 is 0 Å². The van der Waals surface area contributed by atoms with Gasteiger partial charge in [0.25, 0.3) is 0 Å². The number of H-pyrrole nitrogens is 1. The molecule has 2 aromatic heterocycles. The first-order chi connectivity index (χ1) is 8.79. The van der Waals surface area contributed by atoms with Crippen LogP contribution in [-0.4, -0.2) is 21.6 Å². The van der Waals surface area contributed by atoms with E-state index in [9.17, 15) is 0 Å². The molecule has 5 heteroatoms. The Kier molecular flexibility index (Phi) is 2.60. The number of fused-ring (bicyclic) bond motifs is 3. The molecule has 0 bridgehead atoms. The van der Waals surface area contributed by atoms with Crippen molar-refractivity contribution in [2.45, 2.75) is 13.5 Å². The Morgan fingerprint density at radius 2 is 2.28 bits per heavy atom. The van der Waals surface area contributed by atoms with E-state index in [4.69, 9.17) is 10.5 Å². The zero-order valence-corrected chi connectivity index (χ0v) is 10.1. The summed E-state index contributed by atoms with van der Waals surface area (Å²) in [6.45, 7) is 3.07. The number of ether oxygens (including phenoxy) is 1. The van der Waals surface area contributed by atoms with Gasteiger partial charge in [-0.1, -0.05) is 6.07 Å². The van der Waals surface area contributed by atoms with Gasteiger partial charge in [0.15, 0.2) is 0 Å². The van der Waals surface area contributed by atoms with E-state index in [-0.39, 0.29) is 0 Å². The summed E-state index contributed by atoms with van der Waals surface area (Å²) in [5, 5.41) is 1.01. The molecule has 3 aromatic rings. The van der Waals surface area contributed by atoms with Gasteiger partial charge in [0, 0.05) is 18.2 Å². The van der Waals surface area contributed by atoms with E-state index in [1.54, 1.807) is 6.20 Å². The van der Waals surface area contributed by atoms with Gasteiger partial charge in [0.1, 0.15) is 17.9 Å². The topological polar surface area (TPSA) is 76.8 Å². The fourth-order valence-corrected chi connectivity index (χ4v) is 2.05. The first-order valence-corrected chi connectivity index (χ1v) is 5.89. The summed E-state index contributed by atoms with van der Waals surface area (Å²) < 4.78 is 5.35. The second kappa shape index (κ2) is 4.27. The highest BCUT2D eigenvalue weighted by atomic mass is 16.5. The van der Waals surface area contributed by atoms with Crippen LogP contribution in [0.1, 0.15) is 12.7 Å². The van der Waals surface area contributed by atoms with Crippen LogP contribution in [0.5, 0.6) is 0 Å². The van der Waals surface area contributed by atoms with Gasteiger partial charge >= 0.3 is 0 Å². The Morgan fingerprint density at radius 3 is 3.11 bits per heavy atom. The van der Waals surface area contributed by atoms with Gasteiger partial charge in [0.05, 0.1) is 16.7 Å². The molecule has 18 heavy (non-hydrogen) atoms. The highest BCUT2D eigenvalue weighted by molar-refractivity contribution is 6.07. The molecule has 0 spiro atoms. The standard InChI is InChI=1S/C13H14N4O/c1-2-18-7-10-16-12-9(14)6-8-4-3-5-15-11(8)13(12)17-10/h3-6H,2,7,14H2,1H3,(H,16,17). The molecule has 0 aliphatic rings. The molecule has 0 radical (unpaired) electrons. The highest BCUT2D eigenvalue weighted by Crippen LogP contribution is 2.27. The van der Waals surface area contributed by atoms with Crippen molar-refractivity contribution in [3.05, 3.63) is 30.2 Å². The number of benzene rings is 1. The molecular weight excluding hydrogens is 228 g/mol. The number of nitrogens with two attached hydrogens (primary N) is 1. The van der Waals surface area contributed by atoms with Crippen LogP contribution in [0.15, 0.2) is 24.4 Å². The van der Waals surface area contributed by atoms with Crippen molar-refractivity contribution >= 4 is 27.6 Å². The second-order valence-electron chi connectivity index (χ2n) is 4.09. The number of nitrogen functional groups attached to an aromatic ring is 1. The van der Waals surface area contributed by atoms with Crippen molar-refractivity contribution in [1.82, 2.24) is 15.0 Å². The SMILES string of the molecule is CCOCc1nc2c(N)cc3cccnc3c2[nH]1. The number of pyridine rings is 1. The van der Waals surface area contributed by atoms with Gasteiger partial charge in [-0.05, 0) is 19.1 Å². The number of imidazole rings is 1. The van der Waals surface area contributed by atoms with Gasteiger partial charge in [-0.2, -0.15) is 0 Å². The predicted octanol–water partition coefficient (Wildman–Crippen LogP) is 2.23. The lowest BCUT2D eigenvalue weighted by Crippen LogP contribution is -1.93. The third-order valence-electron chi connectivity index (χ3n) is 2.86. The van der Waals surface area contributed by atoms with Crippen LogP contribution in [0.2, 0.25) is 0 Å². The van der Waals surface area contributed by atoms with Crippen LogP contribution in [0.25, 0.3) is 21.9 Å². The third-order valence-corrected chi connectivity index (χ3v) is 2.86. The molecular formula is C13H14N4O. The van der Waals surface area contributed by atoms with Gasteiger partial charge in [-0.25, -0.2) is 4.98 Å². The first kappa shape index (κ1) is 11.0. The van der Waals surface area contributed by atoms with Crippen LogP contribution in [0.4, 0.5) is 5.69 Å². The summed E-state index contributed by atoms with van der Waals surface area (Å²) in [6, 6.07) is 5.78. The van der Waals surface area contributed by atoms with Crippen molar-refractivity contribution in [3.8, 4) is 0 Å². The minimum atomic E-state index is 0.457. The van der Waals surface area contributed by atoms with Crippen LogP contribution < -0.4 is 5.73 Å². The number of anilines is 1. The van der Waals surface area contributed by atoms with Crippen molar-refractivity contribution in [1.29, 1.82) is 0 Å². The summed E-state index contributed by atoms with van der Waals surface area (Å²) in [5.74, 6) is 0.775. The van der Waals surface area contributed by atoms with E-state index in [2.05, 4.69) is 15.0 Å². The fourth-order valence-electron chi connectivity index (χ4n) is 2.05. The monoisotopic (exact) mass is 242 g/mol. The molecule has 5 nitrogen and oxygen atoms in total. The van der Waals surface area contributed by atoms with Gasteiger partial charge in [-0.15, -0.1) is 0 Å². The molecule has 0 fully saturated rings. The van der Waals surface area contributed by atoms with Crippen LogP contribution in [-0.2, 0) is 11.3 Å². The largest absolute Gasteiger partial charge is 0.397 e. The number of rotatable bonds is 3. The number of nitrogens with one attached hydrogen (secondary N) is 1.